The van der Waals surface area contributed by atoms with Crippen LogP contribution < -0.4 is 5.73 Å². The summed E-state index contributed by atoms with van der Waals surface area (Å²) in [5, 5.41) is 1.18. The van der Waals surface area contributed by atoms with Crippen molar-refractivity contribution in [2.24, 2.45) is 5.73 Å². The Morgan fingerprint density at radius 2 is 2.18 bits per heavy atom. The summed E-state index contributed by atoms with van der Waals surface area (Å²) in [7, 11) is 0. The van der Waals surface area contributed by atoms with Crippen LogP contribution in [0.25, 0.3) is 0 Å². The number of nitrogens with two attached hydrogens (primary N) is 1. The van der Waals surface area contributed by atoms with Gasteiger partial charge in [-0.05, 0) is 6.07 Å². The summed E-state index contributed by atoms with van der Waals surface area (Å²) in [5.74, 6) is 0. The fourth-order valence-corrected chi connectivity index (χ4v) is 1.27. The molecule has 0 aliphatic carbocycles. The van der Waals surface area contributed by atoms with Crippen LogP contribution in [0.2, 0.25) is 0 Å². The molecule has 1 aromatic rings. The first-order valence-corrected chi connectivity index (χ1v) is 4.34. The predicted molar refractivity (Wildman–Crippen MR) is 46.4 cm³/mol. The lowest BCUT2D eigenvalue weighted by molar-refractivity contribution is 0.916. The molecule has 1 atom stereocenters. The van der Waals surface area contributed by atoms with Crippen LogP contribution in [0.3, 0.4) is 0 Å². The lowest BCUT2D eigenvalue weighted by Crippen LogP contribution is -2.12. The normalized spacial score (nSPS) is 12.9. The van der Waals surface area contributed by atoms with Crippen LogP contribution in [0.4, 0.5) is 0 Å². The maximum absolute atomic E-state index is 5.44. The molecule has 0 aliphatic heterocycles. The zero-order chi connectivity index (χ0) is 8.10. The van der Waals surface area contributed by atoms with Gasteiger partial charge in [0, 0.05) is 24.2 Å². The van der Waals surface area contributed by atoms with Crippen LogP contribution in [0.5, 0.6) is 0 Å². The Kier molecular flexibility index (Phi) is 3.32. The van der Waals surface area contributed by atoms with Crippen LogP contribution in [0.15, 0.2) is 23.6 Å². The van der Waals surface area contributed by atoms with Crippen LogP contribution in [-0.2, 0) is 0 Å². The van der Waals surface area contributed by atoms with Crippen molar-refractivity contribution in [3.63, 3.8) is 0 Å². The van der Waals surface area contributed by atoms with Gasteiger partial charge in [0.05, 0.1) is 0 Å². The average Bonchev–Trinajstić information content (AvgIpc) is 2.06. The van der Waals surface area contributed by atoms with Crippen LogP contribution in [0.1, 0.15) is 6.92 Å². The van der Waals surface area contributed by atoms with E-state index in [1.165, 1.54) is 0 Å². The van der Waals surface area contributed by atoms with Crippen molar-refractivity contribution < 1.29 is 0 Å². The van der Waals surface area contributed by atoms with Crippen LogP contribution in [-0.4, -0.2) is 21.8 Å². The summed E-state index contributed by atoms with van der Waals surface area (Å²) in [5.41, 5.74) is 5.44. The SMILES string of the molecule is CC(CN)Sc1ncccn1. The van der Waals surface area contributed by atoms with Crippen molar-refractivity contribution in [3.8, 4) is 0 Å². The van der Waals surface area contributed by atoms with E-state index in [0.29, 0.717) is 11.8 Å². The largest absolute Gasteiger partial charge is 0.329 e. The third-order valence-electron chi connectivity index (χ3n) is 1.18. The van der Waals surface area contributed by atoms with E-state index in [4.69, 9.17) is 5.73 Å². The van der Waals surface area contributed by atoms with Crippen LogP contribution >= 0.6 is 11.8 Å². The fourth-order valence-electron chi connectivity index (χ4n) is 0.574. The van der Waals surface area contributed by atoms with E-state index in [-0.39, 0.29) is 0 Å². The molecule has 0 saturated carbocycles. The minimum atomic E-state index is 0.386. The Hall–Kier alpha value is -0.610. The Morgan fingerprint density at radius 1 is 1.55 bits per heavy atom. The zero-order valence-corrected chi connectivity index (χ0v) is 7.21. The van der Waals surface area contributed by atoms with Gasteiger partial charge in [0.25, 0.3) is 0 Å². The molecule has 1 rings (SSSR count). The summed E-state index contributed by atoms with van der Waals surface area (Å²) in [6, 6.07) is 1.80. The van der Waals surface area contributed by atoms with Gasteiger partial charge in [-0.3, -0.25) is 0 Å². The molecule has 4 heteroatoms. The summed E-state index contributed by atoms with van der Waals surface area (Å²) < 4.78 is 0. The van der Waals surface area contributed by atoms with E-state index >= 15 is 0 Å². The molecular weight excluding hydrogens is 158 g/mol. The zero-order valence-electron chi connectivity index (χ0n) is 6.40. The Bertz CT molecular complexity index is 202. The molecule has 0 aliphatic rings. The van der Waals surface area contributed by atoms with Gasteiger partial charge in [0.1, 0.15) is 0 Å². The molecule has 0 spiro atoms. The second-order valence-electron chi connectivity index (χ2n) is 2.20. The molecule has 1 heterocycles. The Morgan fingerprint density at radius 3 is 2.73 bits per heavy atom. The molecular formula is C7H11N3S. The summed E-state index contributed by atoms with van der Waals surface area (Å²) in [6.45, 7) is 2.71. The minimum absolute atomic E-state index is 0.386. The van der Waals surface area contributed by atoms with Gasteiger partial charge in [-0.2, -0.15) is 0 Å². The van der Waals surface area contributed by atoms with E-state index in [0.717, 1.165) is 5.16 Å². The molecule has 0 aromatic carbocycles. The molecule has 1 unspecified atom stereocenters. The number of hydrogen-bond acceptors (Lipinski definition) is 4. The van der Waals surface area contributed by atoms with Crippen molar-refractivity contribution in [1.29, 1.82) is 0 Å². The molecule has 11 heavy (non-hydrogen) atoms. The van der Waals surface area contributed by atoms with E-state index in [1.807, 2.05) is 0 Å². The van der Waals surface area contributed by atoms with Crippen molar-refractivity contribution in [2.75, 3.05) is 6.54 Å². The number of rotatable bonds is 3. The molecule has 3 nitrogen and oxygen atoms in total. The Labute approximate surface area is 70.4 Å². The first kappa shape index (κ1) is 8.49. The van der Waals surface area contributed by atoms with E-state index in [2.05, 4.69) is 16.9 Å². The number of hydrogen-bond donors (Lipinski definition) is 1. The van der Waals surface area contributed by atoms with Gasteiger partial charge < -0.3 is 5.73 Å². The number of thioether (sulfide) groups is 1. The lowest BCUT2D eigenvalue weighted by atomic mass is 10.5. The molecule has 1 aromatic heterocycles. The average molecular weight is 169 g/mol. The molecule has 60 valence electrons. The molecule has 0 saturated heterocycles. The third-order valence-corrected chi connectivity index (χ3v) is 2.20. The maximum Gasteiger partial charge on any atom is 0.187 e. The standard InChI is InChI=1S/C7H11N3S/c1-6(5-8)11-7-9-3-2-4-10-7/h2-4,6H,5,8H2,1H3. The smallest absolute Gasteiger partial charge is 0.187 e. The number of nitrogens with zero attached hydrogens (tertiary/aromatic N) is 2. The monoisotopic (exact) mass is 169 g/mol. The molecule has 0 fully saturated rings. The van der Waals surface area contributed by atoms with Crippen LogP contribution in [0, 0.1) is 0 Å². The van der Waals surface area contributed by atoms with Gasteiger partial charge >= 0.3 is 0 Å². The van der Waals surface area contributed by atoms with E-state index in [9.17, 15) is 0 Å². The van der Waals surface area contributed by atoms with Gasteiger partial charge in [-0.25, -0.2) is 9.97 Å². The molecule has 2 N–H and O–H groups in total. The first-order valence-electron chi connectivity index (χ1n) is 3.46. The quantitative estimate of drug-likeness (QED) is 0.540. The second kappa shape index (κ2) is 4.31. The topological polar surface area (TPSA) is 51.8 Å². The van der Waals surface area contributed by atoms with E-state index in [1.54, 1.807) is 30.2 Å². The molecule has 0 bridgehead atoms. The third kappa shape index (κ3) is 2.86. The summed E-state index contributed by atoms with van der Waals surface area (Å²) >= 11 is 1.60. The van der Waals surface area contributed by atoms with Gasteiger partial charge in [-0.15, -0.1) is 0 Å². The van der Waals surface area contributed by atoms with Crippen molar-refractivity contribution in [2.45, 2.75) is 17.3 Å². The molecule has 0 radical (unpaired) electrons. The highest BCUT2D eigenvalue weighted by atomic mass is 32.2. The predicted octanol–water partition coefficient (Wildman–Crippen LogP) is 0.916. The van der Waals surface area contributed by atoms with Gasteiger partial charge in [0.15, 0.2) is 5.16 Å². The maximum atomic E-state index is 5.44. The highest BCUT2D eigenvalue weighted by Gasteiger charge is 2.02. The highest BCUT2D eigenvalue weighted by Crippen LogP contribution is 2.16. The van der Waals surface area contributed by atoms with Gasteiger partial charge in [0.2, 0.25) is 0 Å². The fraction of sp³-hybridized carbons (Fsp3) is 0.429. The second-order valence-corrected chi connectivity index (χ2v) is 3.60. The van der Waals surface area contributed by atoms with Crippen molar-refractivity contribution in [1.82, 2.24) is 9.97 Å². The first-order chi connectivity index (χ1) is 5.33. The highest BCUT2D eigenvalue weighted by molar-refractivity contribution is 7.99. The van der Waals surface area contributed by atoms with Crippen molar-refractivity contribution in [3.05, 3.63) is 18.5 Å². The summed E-state index contributed by atoms with van der Waals surface area (Å²) in [4.78, 5) is 8.13. The van der Waals surface area contributed by atoms with E-state index < -0.39 is 0 Å². The Balaban J connectivity index is 2.51. The van der Waals surface area contributed by atoms with Gasteiger partial charge in [-0.1, -0.05) is 18.7 Å². The summed E-state index contributed by atoms with van der Waals surface area (Å²) in [6.07, 6.45) is 3.47. The minimum Gasteiger partial charge on any atom is -0.329 e. The van der Waals surface area contributed by atoms with Crippen molar-refractivity contribution >= 4 is 11.8 Å². The molecule has 0 amide bonds. The number of aromatic nitrogens is 2. The lowest BCUT2D eigenvalue weighted by Gasteiger charge is -2.04.